The van der Waals surface area contributed by atoms with Crippen LogP contribution in [0.4, 0.5) is 0 Å². The number of benzene rings is 3. The summed E-state index contributed by atoms with van der Waals surface area (Å²) in [4.78, 5) is 16.9. The number of aromatic nitrogens is 3. The lowest BCUT2D eigenvalue weighted by atomic mass is 10.1. The summed E-state index contributed by atoms with van der Waals surface area (Å²) in [5.41, 5.74) is 5.27. The van der Waals surface area contributed by atoms with Crippen molar-refractivity contribution in [3.8, 4) is 28.7 Å². The van der Waals surface area contributed by atoms with E-state index in [0.29, 0.717) is 24.0 Å². The van der Waals surface area contributed by atoms with Gasteiger partial charge in [-0.25, -0.2) is 0 Å². The number of pyridine rings is 1. The van der Waals surface area contributed by atoms with Gasteiger partial charge in [-0.1, -0.05) is 35.9 Å². The van der Waals surface area contributed by atoms with Gasteiger partial charge in [0.15, 0.2) is 0 Å². The summed E-state index contributed by atoms with van der Waals surface area (Å²) in [5, 5.41) is 11.4. The molecule has 37 heavy (non-hydrogen) atoms. The zero-order chi connectivity index (χ0) is 25.6. The minimum Gasteiger partial charge on any atom is -0.489 e. The van der Waals surface area contributed by atoms with Crippen LogP contribution in [0, 0.1) is 6.92 Å². The molecular formula is C30H26N4O3. The molecule has 0 aliphatic rings. The van der Waals surface area contributed by atoms with Gasteiger partial charge in [-0.15, -0.1) is 10.2 Å². The summed E-state index contributed by atoms with van der Waals surface area (Å²) in [6.07, 6.45) is 3.52. The maximum atomic E-state index is 12.8. The topological polar surface area (TPSA) is 90.1 Å². The highest BCUT2D eigenvalue weighted by Gasteiger charge is 2.14. The Morgan fingerprint density at radius 1 is 0.919 bits per heavy atom. The van der Waals surface area contributed by atoms with E-state index >= 15 is 0 Å². The molecule has 1 amide bonds. The first-order chi connectivity index (χ1) is 18.0. The Balaban J connectivity index is 1.18. The van der Waals surface area contributed by atoms with Crippen molar-refractivity contribution in [3.05, 3.63) is 120 Å². The highest BCUT2D eigenvalue weighted by molar-refractivity contribution is 5.94. The van der Waals surface area contributed by atoms with E-state index in [4.69, 9.17) is 9.15 Å². The molecule has 1 N–H and O–H groups in total. The third-order valence-corrected chi connectivity index (χ3v) is 5.94. The Morgan fingerprint density at radius 3 is 2.38 bits per heavy atom. The maximum Gasteiger partial charge on any atom is 0.251 e. The summed E-state index contributed by atoms with van der Waals surface area (Å²) in [7, 11) is 0. The number of ether oxygens (including phenoxy) is 1. The van der Waals surface area contributed by atoms with Crippen LogP contribution < -0.4 is 10.1 Å². The third-order valence-electron chi connectivity index (χ3n) is 5.94. The smallest absolute Gasteiger partial charge is 0.251 e. The number of amides is 1. The van der Waals surface area contributed by atoms with Gasteiger partial charge in [0, 0.05) is 34.6 Å². The number of rotatable bonds is 8. The van der Waals surface area contributed by atoms with Crippen molar-refractivity contribution < 1.29 is 13.9 Å². The monoisotopic (exact) mass is 490 g/mol. The van der Waals surface area contributed by atoms with E-state index in [1.807, 2.05) is 86.6 Å². The molecule has 0 spiro atoms. The molecule has 2 aromatic heterocycles. The van der Waals surface area contributed by atoms with Gasteiger partial charge in [0.25, 0.3) is 5.91 Å². The van der Waals surface area contributed by atoms with E-state index in [9.17, 15) is 4.79 Å². The minimum absolute atomic E-state index is 0.165. The van der Waals surface area contributed by atoms with E-state index in [2.05, 4.69) is 20.5 Å². The fourth-order valence-electron chi connectivity index (χ4n) is 3.87. The number of carbonyl (C=O) groups excluding carboxylic acids is 1. The molecule has 7 heteroatoms. The lowest BCUT2D eigenvalue weighted by Crippen LogP contribution is -2.26. The Labute approximate surface area is 215 Å². The first-order valence-corrected chi connectivity index (χ1v) is 12.0. The highest BCUT2D eigenvalue weighted by atomic mass is 16.5. The predicted molar refractivity (Wildman–Crippen MR) is 141 cm³/mol. The highest BCUT2D eigenvalue weighted by Crippen LogP contribution is 2.25. The summed E-state index contributed by atoms with van der Waals surface area (Å²) < 4.78 is 11.7. The van der Waals surface area contributed by atoms with Gasteiger partial charge in [-0.3, -0.25) is 9.78 Å². The van der Waals surface area contributed by atoms with Crippen molar-refractivity contribution in [2.24, 2.45) is 0 Å². The van der Waals surface area contributed by atoms with Gasteiger partial charge >= 0.3 is 0 Å². The van der Waals surface area contributed by atoms with E-state index in [-0.39, 0.29) is 11.9 Å². The van der Waals surface area contributed by atoms with E-state index in [0.717, 1.165) is 33.6 Å². The molecule has 0 saturated heterocycles. The van der Waals surface area contributed by atoms with Crippen molar-refractivity contribution in [1.82, 2.24) is 20.5 Å². The van der Waals surface area contributed by atoms with Crippen LogP contribution >= 0.6 is 0 Å². The summed E-state index contributed by atoms with van der Waals surface area (Å²) in [6, 6.07) is 26.4. The zero-order valence-electron chi connectivity index (χ0n) is 20.6. The van der Waals surface area contributed by atoms with Crippen LogP contribution in [0.2, 0.25) is 0 Å². The van der Waals surface area contributed by atoms with E-state index in [1.54, 1.807) is 24.5 Å². The molecule has 0 aliphatic heterocycles. The zero-order valence-corrected chi connectivity index (χ0v) is 20.6. The van der Waals surface area contributed by atoms with Gasteiger partial charge in [0.1, 0.15) is 12.4 Å². The number of aryl methyl sites for hydroxylation is 1. The van der Waals surface area contributed by atoms with Gasteiger partial charge in [-0.2, -0.15) is 0 Å². The molecule has 0 bridgehead atoms. The molecule has 0 fully saturated rings. The van der Waals surface area contributed by atoms with Crippen LogP contribution in [0.15, 0.2) is 102 Å². The molecule has 1 unspecified atom stereocenters. The molecule has 5 rings (SSSR count). The van der Waals surface area contributed by atoms with Crippen molar-refractivity contribution in [2.75, 3.05) is 0 Å². The molecule has 0 radical (unpaired) electrons. The second-order valence-electron chi connectivity index (χ2n) is 8.77. The molecule has 0 aliphatic carbocycles. The Hall–Kier alpha value is -4.78. The SMILES string of the molecule is Cc1cccc(-c2nnc(-c3ccc(C(=O)NC(C)c4ccc(OCc5cccnc5)cc4)cc3)o2)c1. The van der Waals surface area contributed by atoms with Crippen molar-refractivity contribution in [3.63, 3.8) is 0 Å². The summed E-state index contributed by atoms with van der Waals surface area (Å²) >= 11 is 0. The van der Waals surface area contributed by atoms with Crippen LogP contribution in [0.5, 0.6) is 5.75 Å². The van der Waals surface area contributed by atoms with Crippen LogP contribution in [-0.2, 0) is 6.61 Å². The number of nitrogens with zero attached hydrogens (tertiary/aromatic N) is 3. The molecular weight excluding hydrogens is 464 g/mol. The maximum absolute atomic E-state index is 12.8. The standard InChI is InChI=1S/C30H26N4O3/c1-20-5-3-7-26(17-20)30-34-33-29(37-30)25-10-8-24(9-11-25)28(35)32-21(2)23-12-14-27(15-13-23)36-19-22-6-4-16-31-18-22/h3-18,21H,19H2,1-2H3,(H,32,35). The third kappa shape index (κ3) is 5.90. The molecule has 1 atom stereocenters. The quantitative estimate of drug-likeness (QED) is 0.279. The first kappa shape index (κ1) is 23.9. The second-order valence-corrected chi connectivity index (χ2v) is 8.77. The van der Waals surface area contributed by atoms with E-state index in [1.165, 1.54) is 0 Å². The Bertz CT molecular complexity index is 1480. The minimum atomic E-state index is -0.174. The van der Waals surface area contributed by atoms with Gasteiger partial charge in [0.2, 0.25) is 11.8 Å². The first-order valence-electron chi connectivity index (χ1n) is 12.0. The number of nitrogens with one attached hydrogen (secondary N) is 1. The van der Waals surface area contributed by atoms with Gasteiger partial charge < -0.3 is 14.5 Å². The van der Waals surface area contributed by atoms with E-state index < -0.39 is 0 Å². The normalized spacial score (nSPS) is 11.6. The number of hydrogen-bond donors (Lipinski definition) is 1. The van der Waals surface area contributed by atoms with Crippen molar-refractivity contribution in [1.29, 1.82) is 0 Å². The van der Waals surface area contributed by atoms with Crippen molar-refractivity contribution >= 4 is 5.91 Å². The average Bonchev–Trinajstić information content (AvgIpc) is 3.43. The van der Waals surface area contributed by atoms with Crippen LogP contribution in [-0.4, -0.2) is 21.1 Å². The lowest BCUT2D eigenvalue weighted by molar-refractivity contribution is 0.0940. The Kier molecular flexibility index (Phi) is 7.03. The summed E-state index contributed by atoms with van der Waals surface area (Å²) in [5.74, 6) is 1.46. The molecule has 3 aromatic carbocycles. The van der Waals surface area contributed by atoms with Gasteiger partial charge in [-0.05, 0) is 74.0 Å². The predicted octanol–water partition coefficient (Wildman–Crippen LogP) is 6.18. The molecule has 5 aromatic rings. The fraction of sp³-hybridized carbons (Fsp3) is 0.133. The van der Waals surface area contributed by atoms with Crippen LogP contribution in [0.3, 0.4) is 0 Å². The molecule has 2 heterocycles. The number of hydrogen-bond acceptors (Lipinski definition) is 6. The largest absolute Gasteiger partial charge is 0.489 e. The van der Waals surface area contributed by atoms with Gasteiger partial charge in [0.05, 0.1) is 6.04 Å². The average molecular weight is 491 g/mol. The van der Waals surface area contributed by atoms with Crippen molar-refractivity contribution in [2.45, 2.75) is 26.5 Å². The van der Waals surface area contributed by atoms with Crippen LogP contribution in [0.1, 0.15) is 40.0 Å². The fourth-order valence-corrected chi connectivity index (χ4v) is 3.87. The van der Waals surface area contributed by atoms with Crippen LogP contribution in [0.25, 0.3) is 22.9 Å². The second kappa shape index (κ2) is 10.9. The molecule has 7 nitrogen and oxygen atoms in total. The summed E-state index contributed by atoms with van der Waals surface area (Å²) in [6.45, 7) is 4.41. The number of carbonyl (C=O) groups is 1. The lowest BCUT2D eigenvalue weighted by Gasteiger charge is -2.15. The Morgan fingerprint density at radius 2 is 1.68 bits per heavy atom. The molecule has 0 saturated carbocycles. The molecule has 184 valence electrons.